The van der Waals surface area contributed by atoms with E-state index in [0.717, 1.165) is 38.6 Å². The van der Waals surface area contributed by atoms with E-state index in [4.69, 9.17) is 5.73 Å². The van der Waals surface area contributed by atoms with Gasteiger partial charge in [0.2, 0.25) is 5.91 Å². The number of rotatable bonds is 3. The molecular formula is C19H28N2O. The lowest BCUT2D eigenvalue weighted by Crippen LogP contribution is -2.38. The molecular weight excluding hydrogens is 272 g/mol. The standard InChI is InChI=1S/C19H28N2O/c1-13-8-9-15(11-14(13)2)18-7-4-10-21(18)19(22)17-6-3-5-16(17)12-20/h8-9,11,16-18H,3-7,10,12,20H2,1-2H3/t16-,17-,18?/m1/s1. The number of benzene rings is 1. The Balaban J connectivity index is 1.80. The van der Waals surface area contributed by atoms with Gasteiger partial charge in [0, 0.05) is 12.5 Å². The molecule has 3 atom stereocenters. The van der Waals surface area contributed by atoms with Crippen molar-refractivity contribution in [1.29, 1.82) is 0 Å². The van der Waals surface area contributed by atoms with E-state index >= 15 is 0 Å². The Morgan fingerprint density at radius 2 is 2.00 bits per heavy atom. The Morgan fingerprint density at radius 3 is 2.73 bits per heavy atom. The molecule has 2 fully saturated rings. The summed E-state index contributed by atoms with van der Waals surface area (Å²) >= 11 is 0. The van der Waals surface area contributed by atoms with Crippen molar-refractivity contribution in [2.24, 2.45) is 17.6 Å². The number of hydrogen-bond donors (Lipinski definition) is 1. The van der Waals surface area contributed by atoms with Crippen LogP contribution < -0.4 is 5.73 Å². The van der Waals surface area contributed by atoms with Crippen LogP contribution >= 0.6 is 0 Å². The predicted octanol–water partition coefficient (Wildman–Crippen LogP) is 3.34. The molecule has 1 saturated heterocycles. The smallest absolute Gasteiger partial charge is 0.226 e. The first-order valence-electron chi connectivity index (χ1n) is 8.69. The van der Waals surface area contributed by atoms with E-state index in [0.29, 0.717) is 18.4 Å². The van der Waals surface area contributed by atoms with E-state index in [-0.39, 0.29) is 12.0 Å². The number of aryl methyl sites for hydroxylation is 2. The zero-order valence-electron chi connectivity index (χ0n) is 13.8. The number of amides is 1. The second kappa shape index (κ2) is 6.41. The van der Waals surface area contributed by atoms with Gasteiger partial charge < -0.3 is 10.6 Å². The Kier molecular flexibility index (Phi) is 4.53. The fourth-order valence-electron chi connectivity index (χ4n) is 4.21. The van der Waals surface area contributed by atoms with E-state index in [1.165, 1.54) is 16.7 Å². The van der Waals surface area contributed by atoms with E-state index < -0.39 is 0 Å². The molecule has 1 aliphatic heterocycles. The summed E-state index contributed by atoms with van der Waals surface area (Å²) < 4.78 is 0. The Morgan fingerprint density at radius 1 is 1.18 bits per heavy atom. The summed E-state index contributed by atoms with van der Waals surface area (Å²) in [5, 5.41) is 0. The van der Waals surface area contributed by atoms with Crippen LogP contribution in [-0.2, 0) is 4.79 Å². The third kappa shape index (κ3) is 2.79. The highest BCUT2D eigenvalue weighted by molar-refractivity contribution is 5.80. The Hall–Kier alpha value is -1.35. The molecule has 1 aliphatic carbocycles. The molecule has 1 amide bonds. The van der Waals surface area contributed by atoms with Crippen molar-refractivity contribution in [2.45, 2.75) is 52.0 Å². The monoisotopic (exact) mass is 300 g/mol. The summed E-state index contributed by atoms with van der Waals surface area (Å²) in [6.07, 6.45) is 5.50. The van der Waals surface area contributed by atoms with Crippen LogP contribution in [0.5, 0.6) is 0 Å². The van der Waals surface area contributed by atoms with Gasteiger partial charge in [0.05, 0.1) is 6.04 Å². The first-order chi connectivity index (χ1) is 10.6. The van der Waals surface area contributed by atoms with Crippen molar-refractivity contribution in [3.63, 3.8) is 0 Å². The van der Waals surface area contributed by atoms with Gasteiger partial charge in [-0.05, 0) is 68.7 Å². The number of nitrogens with two attached hydrogens (primary N) is 1. The maximum atomic E-state index is 13.0. The maximum Gasteiger partial charge on any atom is 0.226 e. The van der Waals surface area contributed by atoms with Crippen LogP contribution in [0.1, 0.15) is 54.8 Å². The van der Waals surface area contributed by atoms with Crippen molar-refractivity contribution < 1.29 is 4.79 Å². The van der Waals surface area contributed by atoms with E-state index in [1.54, 1.807) is 0 Å². The second-order valence-corrected chi connectivity index (χ2v) is 7.07. The van der Waals surface area contributed by atoms with Crippen molar-refractivity contribution in [2.75, 3.05) is 13.1 Å². The fourth-order valence-corrected chi connectivity index (χ4v) is 4.21. The van der Waals surface area contributed by atoms with Crippen molar-refractivity contribution in [3.05, 3.63) is 34.9 Å². The van der Waals surface area contributed by atoms with Gasteiger partial charge in [-0.3, -0.25) is 4.79 Å². The number of carbonyl (C=O) groups excluding carboxylic acids is 1. The Labute approximate surface area is 133 Å². The minimum absolute atomic E-state index is 0.164. The summed E-state index contributed by atoms with van der Waals surface area (Å²) in [6, 6.07) is 6.92. The highest BCUT2D eigenvalue weighted by Gasteiger charge is 2.39. The fraction of sp³-hybridized carbons (Fsp3) is 0.632. The normalized spacial score (nSPS) is 28.3. The largest absolute Gasteiger partial charge is 0.335 e. The van der Waals surface area contributed by atoms with Crippen LogP contribution in [0.3, 0.4) is 0 Å². The van der Waals surface area contributed by atoms with Crippen LogP contribution in [0.15, 0.2) is 18.2 Å². The van der Waals surface area contributed by atoms with Crippen molar-refractivity contribution in [3.8, 4) is 0 Å². The van der Waals surface area contributed by atoms with Gasteiger partial charge >= 0.3 is 0 Å². The first-order valence-corrected chi connectivity index (χ1v) is 8.69. The third-order valence-electron chi connectivity index (χ3n) is 5.73. The molecule has 2 aliphatic rings. The molecule has 1 unspecified atom stereocenters. The molecule has 22 heavy (non-hydrogen) atoms. The van der Waals surface area contributed by atoms with Gasteiger partial charge in [-0.2, -0.15) is 0 Å². The molecule has 0 spiro atoms. The molecule has 0 radical (unpaired) electrons. The number of nitrogens with zero attached hydrogens (tertiary/aromatic N) is 1. The molecule has 0 aromatic heterocycles. The Bertz CT molecular complexity index is 554. The van der Waals surface area contributed by atoms with Crippen LogP contribution in [-0.4, -0.2) is 23.9 Å². The van der Waals surface area contributed by atoms with Gasteiger partial charge in [0.25, 0.3) is 0 Å². The summed E-state index contributed by atoms with van der Waals surface area (Å²) in [6.45, 7) is 5.85. The van der Waals surface area contributed by atoms with Crippen LogP contribution in [0.2, 0.25) is 0 Å². The predicted molar refractivity (Wildman–Crippen MR) is 89.5 cm³/mol. The summed E-state index contributed by atoms with van der Waals surface area (Å²) in [5.41, 5.74) is 9.81. The lowest BCUT2D eigenvalue weighted by atomic mass is 9.93. The average molecular weight is 300 g/mol. The quantitative estimate of drug-likeness (QED) is 0.930. The maximum absolute atomic E-state index is 13.0. The molecule has 1 saturated carbocycles. The molecule has 1 aromatic rings. The SMILES string of the molecule is Cc1ccc(C2CCCN2C(=O)[C@@H]2CCC[C@@H]2CN)cc1C. The molecule has 120 valence electrons. The molecule has 3 nitrogen and oxygen atoms in total. The minimum Gasteiger partial charge on any atom is -0.335 e. The number of likely N-dealkylation sites (tertiary alicyclic amines) is 1. The van der Waals surface area contributed by atoms with E-state index in [9.17, 15) is 4.79 Å². The van der Waals surface area contributed by atoms with Crippen LogP contribution in [0.25, 0.3) is 0 Å². The zero-order valence-corrected chi connectivity index (χ0v) is 13.8. The van der Waals surface area contributed by atoms with Gasteiger partial charge in [0.1, 0.15) is 0 Å². The molecule has 0 bridgehead atoms. The van der Waals surface area contributed by atoms with Crippen LogP contribution in [0, 0.1) is 25.7 Å². The molecule has 3 rings (SSSR count). The van der Waals surface area contributed by atoms with Gasteiger partial charge in [-0.25, -0.2) is 0 Å². The highest BCUT2D eigenvalue weighted by Crippen LogP contribution is 2.38. The minimum atomic E-state index is 0.164. The summed E-state index contributed by atoms with van der Waals surface area (Å²) in [4.78, 5) is 15.2. The molecule has 1 heterocycles. The van der Waals surface area contributed by atoms with Crippen LogP contribution in [0.4, 0.5) is 0 Å². The summed E-state index contributed by atoms with van der Waals surface area (Å²) in [7, 11) is 0. The number of hydrogen-bond acceptors (Lipinski definition) is 2. The van der Waals surface area contributed by atoms with Crippen molar-refractivity contribution in [1.82, 2.24) is 4.90 Å². The van der Waals surface area contributed by atoms with Gasteiger partial charge in [-0.15, -0.1) is 0 Å². The molecule has 3 heteroatoms. The lowest BCUT2D eigenvalue weighted by Gasteiger charge is -2.30. The van der Waals surface area contributed by atoms with E-state index in [1.807, 2.05) is 0 Å². The average Bonchev–Trinajstić information content (AvgIpc) is 3.17. The van der Waals surface area contributed by atoms with Crippen molar-refractivity contribution >= 4 is 5.91 Å². The topological polar surface area (TPSA) is 46.3 Å². The summed E-state index contributed by atoms with van der Waals surface area (Å²) in [5.74, 6) is 0.916. The first kappa shape index (κ1) is 15.5. The van der Waals surface area contributed by atoms with Gasteiger partial charge in [-0.1, -0.05) is 24.6 Å². The second-order valence-electron chi connectivity index (χ2n) is 7.07. The molecule has 1 aromatic carbocycles. The van der Waals surface area contributed by atoms with Gasteiger partial charge in [0.15, 0.2) is 0 Å². The lowest BCUT2D eigenvalue weighted by molar-refractivity contribution is -0.137. The zero-order chi connectivity index (χ0) is 15.7. The van der Waals surface area contributed by atoms with E-state index in [2.05, 4.69) is 36.9 Å². The third-order valence-corrected chi connectivity index (χ3v) is 5.73. The molecule has 2 N–H and O–H groups in total. The highest BCUT2D eigenvalue weighted by atomic mass is 16.2. The number of carbonyl (C=O) groups is 1.